The third-order valence-electron chi connectivity index (χ3n) is 3.72. The van der Waals surface area contributed by atoms with E-state index >= 15 is 0 Å². The van der Waals surface area contributed by atoms with Crippen LogP contribution in [0.3, 0.4) is 0 Å². The summed E-state index contributed by atoms with van der Waals surface area (Å²) in [6, 6.07) is 8.09. The molecule has 0 heterocycles. The van der Waals surface area contributed by atoms with Crippen molar-refractivity contribution in [2.75, 3.05) is 11.9 Å². The van der Waals surface area contributed by atoms with Crippen molar-refractivity contribution in [2.24, 2.45) is 5.92 Å². The Balaban J connectivity index is 1.86. The summed E-state index contributed by atoms with van der Waals surface area (Å²) in [4.78, 5) is 0. The van der Waals surface area contributed by atoms with E-state index in [2.05, 4.69) is 27.3 Å². The zero-order chi connectivity index (χ0) is 12.8. The average Bonchev–Trinajstić information content (AvgIpc) is 2.40. The molecule has 0 unspecified atom stereocenters. The van der Waals surface area contributed by atoms with Gasteiger partial charge in [-0.05, 0) is 40.4 Å². The molecule has 1 N–H and O–H groups in total. The lowest BCUT2D eigenvalue weighted by molar-refractivity contribution is 0.345. The molecule has 2 rings (SSSR count). The van der Waals surface area contributed by atoms with E-state index in [0.29, 0.717) is 5.56 Å². The van der Waals surface area contributed by atoms with Gasteiger partial charge in [0, 0.05) is 11.0 Å². The van der Waals surface area contributed by atoms with Crippen LogP contribution in [0.5, 0.6) is 0 Å². The summed E-state index contributed by atoms with van der Waals surface area (Å²) in [6.07, 6.45) is 8.18. The van der Waals surface area contributed by atoms with E-state index in [1.165, 1.54) is 38.5 Å². The molecular weight excluding hydrogens is 288 g/mol. The SMILES string of the molecule is N#Cc1c(Br)cccc1NCCC1CCCCC1. The van der Waals surface area contributed by atoms with E-state index in [0.717, 1.165) is 22.6 Å². The third-order valence-corrected chi connectivity index (χ3v) is 4.38. The molecule has 0 saturated heterocycles. The number of nitriles is 1. The van der Waals surface area contributed by atoms with Crippen LogP contribution in [0.1, 0.15) is 44.1 Å². The fourth-order valence-electron chi connectivity index (χ4n) is 2.67. The minimum Gasteiger partial charge on any atom is -0.384 e. The van der Waals surface area contributed by atoms with Crippen LogP contribution >= 0.6 is 15.9 Å². The smallest absolute Gasteiger partial charge is 0.103 e. The zero-order valence-corrected chi connectivity index (χ0v) is 12.2. The Kier molecular flexibility index (Phi) is 5.07. The van der Waals surface area contributed by atoms with E-state index in [-0.39, 0.29) is 0 Å². The van der Waals surface area contributed by atoms with Crippen LogP contribution in [0, 0.1) is 17.2 Å². The summed E-state index contributed by atoms with van der Waals surface area (Å²) in [7, 11) is 0. The molecule has 0 bridgehead atoms. The molecule has 0 radical (unpaired) electrons. The zero-order valence-electron chi connectivity index (χ0n) is 10.6. The highest BCUT2D eigenvalue weighted by Gasteiger charge is 2.13. The number of hydrogen-bond acceptors (Lipinski definition) is 2. The van der Waals surface area contributed by atoms with Gasteiger partial charge in [-0.2, -0.15) is 5.26 Å². The lowest BCUT2D eigenvalue weighted by Gasteiger charge is -2.21. The number of nitrogens with zero attached hydrogens (tertiary/aromatic N) is 1. The highest BCUT2D eigenvalue weighted by molar-refractivity contribution is 9.10. The third kappa shape index (κ3) is 3.49. The maximum Gasteiger partial charge on any atom is 0.103 e. The molecular formula is C15H19BrN2. The van der Waals surface area contributed by atoms with Crippen molar-refractivity contribution in [2.45, 2.75) is 38.5 Å². The Morgan fingerprint density at radius 2 is 2.06 bits per heavy atom. The van der Waals surface area contributed by atoms with Crippen molar-refractivity contribution in [3.8, 4) is 6.07 Å². The van der Waals surface area contributed by atoms with Crippen molar-refractivity contribution in [1.82, 2.24) is 0 Å². The highest BCUT2D eigenvalue weighted by atomic mass is 79.9. The summed E-state index contributed by atoms with van der Waals surface area (Å²) in [6.45, 7) is 0.968. The van der Waals surface area contributed by atoms with E-state index in [4.69, 9.17) is 5.26 Å². The molecule has 1 fully saturated rings. The topological polar surface area (TPSA) is 35.8 Å². The first kappa shape index (κ1) is 13.4. The van der Waals surface area contributed by atoms with Gasteiger partial charge in [-0.25, -0.2) is 0 Å². The largest absolute Gasteiger partial charge is 0.384 e. The number of benzene rings is 1. The molecule has 0 aliphatic heterocycles. The van der Waals surface area contributed by atoms with Gasteiger partial charge in [0.25, 0.3) is 0 Å². The molecule has 96 valence electrons. The second kappa shape index (κ2) is 6.80. The van der Waals surface area contributed by atoms with Crippen molar-refractivity contribution in [3.63, 3.8) is 0 Å². The first-order valence-electron chi connectivity index (χ1n) is 6.73. The van der Waals surface area contributed by atoms with Gasteiger partial charge in [-0.3, -0.25) is 0 Å². The molecule has 18 heavy (non-hydrogen) atoms. The second-order valence-corrected chi connectivity index (χ2v) is 5.85. The van der Waals surface area contributed by atoms with Crippen LogP contribution in [-0.2, 0) is 0 Å². The van der Waals surface area contributed by atoms with Gasteiger partial charge < -0.3 is 5.32 Å². The van der Waals surface area contributed by atoms with Gasteiger partial charge in [0.05, 0.1) is 11.3 Å². The lowest BCUT2D eigenvalue weighted by Crippen LogP contribution is -2.12. The number of nitrogens with one attached hydrogen (secondary N) is 1. The summed E-state index contributed by atoms with van der Waals surface area (Å²) in [5.74, 6) is 0.879. The minimum absolute atomic E-state index is 0.709. The standard InChI is InChI=1S/C15H19BrN2/c16-14-7-4-8-15(13(14)11-17)18-10-9-12-5-2-1-3-6-12/h4,7-8,12,18H,1-3,5-6,9-10H2. The minimum atomic E-state index is 0.709. The summed E-state index contributed by atoms with van der Waals surface area (Å²) in [5, 5.41) is 12.5. The molecule has 3 heteroatoms. The van der Waals surface area contributed by atoms with Gasteiger partial charge in [-0.1, -0.05) is 38.2 Å². The Bertz CT molecular complexity index is 431. The van der Waals surface area contributed by atoms with Crippen LogP contribution in [0.15, 0.2) is 22.7 Å². The number of rotatable bonds is 4. The average molecular weight is 307 g/mol. The van der Waals surface area contributed by atoms with Crippen molar-refractivity contribution in [1.29, 1.82) is 5.26 Å². The lowest BCUT2D eigenvalue weighted by atomic mass is 9.87. The highest BCUT2D eigenvalue weighted by Crippen LogP contribution is 2.27. The molecule has 1 aliphatic rings. The molecule has 1 saturated carbocycles. The maximum atomic E-state index is 9.13. The number of anilines is 1. The predicted molar refractivity (Wildman–Crippen MR) is 78.5 cm³/mol. The number of halogens is 1. The first-order valence-corrected chi connectivity index (χ1v) is 7.53. The van der Waals surface area contributed by atoms with Crippen LogP contribution in [0.4, 0.5) is 5.69 Å². The Morgan fingerprint density at radius 1 is 1.28 bits per heavy atom. The van der Waals surface area contributed by atoms with Crippen molar-refractivity contribution >= 4 is 21.6 Å². The van der Waals surface area contributed by atoms with Crippen LogP contribution in [-0.4, -0.2) is 6.54 Å². The van der Waals surface area contributed by atoms with Crippen molar-refractivity contribution in [3.05, 3.63) is 28.2 Å². The second-order valence-electron chi connectivity index (χ2n) is 4.99. The molecule has 0 spiro atoms. The molecule has 1 aromatic rings. The van der Waals surface area contributed by atoms with E-state index in [9.17, 15) is 0 Å². The van der Waals surface area contributed by atoms with Gasteiger partial charge in [0.2, 0.25) is 0 Å². The van der Waals surface area contributed by atoms with E-state index in [1.807, 2.05) is 18.2 Å². The predicted octanol–water partition coefficient (Wildman–Crippen LogP) is 4.70. The summed E-state index contributed by atoms with van der Waals surface area (Å²) < 4.78 is 0.868. The van der Waals surface area contributed by atoms with Crippen LogP contribution in [0.2, 0.25) is 0 Å². The molecule has 2 nitrogen and oxygen atoms in total. The van der Waals surface area contributed by atoms with Gasteiger partial charge >= 0.3 is 0 Å². The molecule has 0 aromatic heterocycles. The Labute approximate surface area is 118 Å². The van der Waals surface area contributed by atoms with Crippen molar-refractivity contribution < 1.29 is 0 Å². The molecule has 1 aliphatic carbocycles. The summed E-state index contributed by atoms with van der Waals surface area (Å²) in [5.41, 5.74) is 1.66. The van der Waals surface area contributed by atoms with Gasteiger partial charge in [-0.15, -0.1) is 0 Å². The number of hydrogen-bond donors (Lipinski definition) is 1. The van der Waals surface area contributed by atoms with Gasteiger partial charge in [0.15, 0.2) is 0 Å². The summed E-state index contributed by atoms with van der Waals surface area (Å²) >= 11 is 3.41. The van der Waals surface area contributed by atoms with E-state index < -0.39 is 0 Å². The van der Waals surface area contributed by atoms with Crippen LogP contribution in [0.25, 0.3) is 0 Å². The quantitative estimate of drug-likeness (QED) is 0.875. The fourth-order valence-corrected chi connectivity index (χ4v) is 3.13. The maximum absolute atomic E-state index is 9.13. The van der Waals surface area contributed by atoms with Crippen LogP contribution < -0.4 is 5.32 Å². The van der Waals surface area contributed by atoms with E-state index in [1.54, 1.807) is 0 Å². The first-order chi connectivity index (χ1) is 8.81. The molecule has 1 aromatic carbocycles. The normalized spacial score (nSPS) is 16.2. The molecule has 0 amide bonds. The fraction of sp³-hybridized carbons (Fsp3) is 0.533. The van der Waals surface area contributed by atoms with Gasteiger partial charge in [0.1, 0.15) is 6.07 Å². The Hall–Kier alpha value is -1.01. The monoisotopic (exact) mass is 306 g/mol. The molecule has 0 atom stereocenters. The Morgan fingerprint density at radius 3 is 2.78 bits per heavy atom.